The zero-order chi connectivity index (χ0) is 27.0. The van der Waals surface area contributed by atoms with Crippen LogP contribution < -0.4 is 15.4 Å². The first kappa shape index (κ1) is 28.7. The van der Waals surface area contributed by atoms with Crippen molar-refractivity contribution in [2.75, 3.05) is 19.0 Å². The number of aryl methyl sites for hydroxylation is 1. The van der Waals surface area contributed by atoms with Gasteiger partial charge < -0.3 is 25.0 Å². The van der Waals surface area contributed by atoms with E-state index in [1.54, 1.807) is 57.0 Å². The van der Waals surface area contributed by atoms with E-state index < -0.39 is 17.7 Å². The summed E-state index contributed by atoms with van der Waals surface area (Å²) in [5.74, 6) is -0.0607. The van der Waals surface area contributed by atoms with Crippen LogP contribution in [0.4, 0.5) is 10.5 Å². The van der Waals surface area contributed by atoms with Crippen molar-refractivity contribution in [3.05, 3.63) is 59.2 Å². The normalized spacial score (nSPS) is 12.8. The van der Waals surface area contributed by atoms with E-state index in [0.717, 1.165) is 16.7 Å². The molecule has 2 aromatic rings. The molecule has 0 aliphatic rings. The third-order valence-corrected chi connectivity index (χ3v) is 5.96. The van der Waals surface area contributed by atoms with Crippen LogP contribution in [0.1, 0.15) is 63.8 Å². The number of hydrogen-bond acceptors (Lipinski definition) is 5. The topological polar surface area (TPSA) is 97.0 Å². The Kier molecular flexibility index (Phi) is 9.90. The second kappa shape index (κ2) is 12.4. The van der Waals surface area contributed by atoms with Gasteiger partial charge in [0.05, 0.1) is 7.11 Å². The molecule has 8 heteroatoms. The van der Waals surface area contributed by atoms with E-state index in [-0.39, 0.29) is 24.4 Å². The van der Waals surface area contributed by atoms with E-state index >= 15 is 0 Å². The maximum Gasteiger partial charge on any atom is 0.408 e. The molecule has 2 rings (SSSR count). The Balaban J connectivity index is 2.44. The van der Waals surface area contributed by atoms with Gasteiger partial charge in [0.2, 0.25) is 5.91 Å². The number of anilines is 1. The molecule has 0 fully saturated rings. The van der Waals surface area contributed by atoms with Crippen LogP contribution in [0.15, 0.2) is 42.5 Å². The minimum absolute atomic E-state index is 0.274. The lowest BCUT2D eigenvalue weighted by Gasteiger charge is -2.36. The number of rotatable bonds is 9. The fraction of sp³-hybridized carbons (Fsp3) is 0.464. The number of nitrogens with one attached hydrogen (secondary N) is 2. The van der Waals surface area contributed by atoms with Crippen LogP contribution in [-0.4, -0.2) is 48.1 Å². The highest BCUT2D eigenvalue weighted by molar-refractivity contribution is 5.98. The average Bonchev–Trinajstić information content (AvgIpc) is 2.82. The standard InChI is InChI=1S/C28H39N3O5/c1-9-19(3)31(24(32)17-29-27(34)36-28(5,6)7)25(23-12-10-11-18(2)20(23)4)26(33)30-21-13-15-22(35-8)16-14-21/h10-16,19,25H,9,17H2,1-8H3,(H,29,34)(H,30,33). The van der Waals surface area contributed by atoms with Gasteiger partial charge in [0.25, 0.3) is 5.91 Å². The Bertz CT molecular complexity index is 1060. The Morgan fingerprint density at radius 1 is 1.03 bits per heavy atom. The molecule has 2 unspecified atom stereocenters. The Labute approximate surface area is 214 Å². The zero-order valence-corrected chi connectivity index (χ0v) is 22.6. The second-order valence-electron chi connectivity index (χ2n) is 9.82. The molecule has 3 amide bonds. The molecule has 36 heavy (non-hydrogen) atoms. The SMILES string of the molecule is CCC(C)N(C(=O)CNC(=O)OC(C)(C)C)C(C(=O)Nc1ccc(OC)cc1)c1cccc(C)c1C. The number of amides is 3. The molecule has 0 aliphatic heterocycles. The number of nitrogens with zero attached hydrogens (tertiary/aromatic N) is 1. The highest BCUT2D eigenvalue weighted by atomic mass is 16.6. The third-order valence-electron chi connectivity index (χ3n) is 5.96. The Morgan fingerprint density at radius 3 is 2.22 bits per heavy atom. The number of alkyl carbamates (subject to hydrolysis) is 1. The summed E-state index contributed by atoms with van der Waals surface area (Å²) in [6, 6.07) is 11.5. The molecule has 0 saturated carbocycles. The molecule has 0 bridgehead atoms. The van der Waals surface area contributed by atoms with Crippen molar-refractivity contribution < 1.29 is 23.9 Å². The summed E-state index contributed by atoms with van der Waals surface area (Å²) in [7, 11) is 1.57. The lowest BCUT2D eigenvalue weighted by molar-refractivity contribution is -0.140. The molecule has 0 aromatic heterocycles. The fourth-order valence-electron chi connectivity index (χ4n) is 3.77. The van der Waals surface area contributed by atoms with Gasteiger partial charge in [-0.2, -0.15) is 0 Å². The number of ether oxygens (including phenoxy) is 2. The fourth-order valence-corrected chi connectivity index (χ4v) is 3.77. The molecule has 8 nitrogen and oxygen atoms in total. The smallest absolute Gasteiger partial charge is 0.408 e. The van der Waals surface area contributed by atoms with Gasteiger partial charge in [0.15, 0.2) is 0 Å². The predicted octanol–water partition coefficient (Wildman–Crippen LogP) is 5.14. The van der Waals surface area contributed by atoms with Crippen molar-refractivity contribution >= 4 is 23.6 Å². The van der Waals surface area contributed by atoms with Gasteiger partial charge >= 0.3 is 6.09 Å². The van der Waals surface area contributed by atoms with Gasteiger partial charge in [-0.1, -0.05) is 25.1 Å². The quantitative estimate of drug-likeness (QED) is 0.500. The lowest BCUT2D eigenvalue weighted by Crippen LogP contribution is -2.50. The molecular formula is C28H39N3O5. The summed E-state index contributed by atoms with van der Waals surface area (Å²) < 4.78 is 10.5. The summed E-state index contributed by atoms with van der Waals surface area (Å²) in [5, 5.41) is 5.48. The number of carbonyl (C=O) groups excluding carboxylic acids is 3. The van der Waals surface area contributed by atoms with Crippen molar-refractivity contribution in [2.24, 2.45) is 0 Å². The van der Waals surface area contributed by atoms with Gasteiger partial charge in [-0.15, -0.1) is 0 Å². The maximum absolute atomic E-state index is 13.8. The molecular weight excluding hydrogens is 458 g/mol. The Morgan fingerprint density at radius 2 is 1.67 bits per heavy atom. The second-order valence-corrected chi connectivity index (χ2v) is 9.82. The van der Waals surface area contributed by atoms with Crippen molar-refractivity contribution in [3.8, 4) is 5.75 Å². The Hall–Kier alpha value is -3.55. The summed E-state index contributed by atoms with van der Waals surface area (Å²) >= 11 is 0. The molecule has 0 spiro atoms. The first-order valence-corrected chi connectivity index (χ1v) is 12.2. The van der Waals surface area contributed by atoms with E-state index in [1.807, 2.05) is 45.9 Å². The summed E-state index contributed by atoms with van der Waals surface area (Å²) in [4.78, 5) is 41.1. The molecule has 0 heterocycles. The monoisotopic (exact) mass is 497 g/mol. The van der Waals surface area contributed by atoms with E-state index in [4.69, 9.17) is 9.47 Å². The van der Waals surface area contributed by atoms with Gasteiger partial charge in [0, 0.05) is 11.7 Å². The number of methoxy groups -OCH3 is 1. The van der Waals surface area contributed by atoms with Gasteiger partial charge in [0.1, 0.15) is 23.9 Å². The van der Waals surface area contributed by atoms with E-state index in [2.05, 4.69) is 10.6 Å². The molecule has 196 valence electrons. The first-order chi connectivity index (χ1) is 16.9. The van der Waals surface area contributed by atoms with Crippen LogP contribution in [0, 0.1) is 13.8 Å². The largest absolute Gasteiger partial charge is 0.497 e. The van der Waals surface area contributed by atoms with Crippen LogP contribution in [0.5, 0.6) is 5.75 Å². The van der Waals surface area contributed by atoms with Crippen LogP contribution in [0.3, 0.4) is 0 Å². The van der Waals surface area contributed by atoms with Crippen LogP contribution >= 0.6 is 0 Å². The summed E-state index contributed by atoms with van der Waals surface area (Å²) in [6.45, 7) is 12.7. The summed E-state index contributed by atoms with van der Waals surface area (Å²) in [5.41, 5.74) is 2.56. The molecule has 0 radical (unpaired) electrons. The van der Waals surface area contributed by atoms with Crippen molar-refractivity contribution in [2.45, 2.75) is 72.6 Å². The van der Waals surface area contributed by atoms with Crippen molar-refractivity contribution in [1.82, 2.24) is 10.2 Å². The highest BCUT2D eigenvalue weighted by Crippen LogP contribution is 2.30. The van der Waals surface area contributed by atoms with E-state index in [9.17, 15) is 14.4 Å². The lowest BCUT2D eigenvalue weighted by atomic mass is 9.94. The first-order valence-electron chi connectivity index (χ1n) is 12.2. The maximum atomic E-state index is 13.8. The van der Waals surface area contributed by atoms with Gasteiger partial charge in [-0.25, -0.2) is 4.79 Å². The van der Waals surface area contributed by atoms with E-state index in [1.165, 1.54) is 0 Å². The zero-order valence-electron chi connectivity index (χ0n) is 22.6. The number of hydrogen-bond donors (Lipinski definition) is 2. The molecule has 0 aliphatic carbocycles. The summed E-state index contributed by atoms with van der Waals surface area (Å²) in [6.07, 6.45) is -0.0686. The van der Waals surface area contributed by atoms with Crippen LogP contribution in [-0.2, 0) is 14.3 Å². The molecule has 0 saturated heterocycles. The highest BCUT2D eigenvalue weighted by Gasteiger charge is 2.35. The van der Waals surface area contributed by atoms with Gasteiger partial charge in [-0.05, 0) is 88.9 Å². The number of carbonyl (C=O) groups is 3. The molecule has 2 atom stereocenters. The van der Waals surface area contributed by atoms with Gasteiger partial charge in [-0.3, -0.25) is 9.59 Å². The van der Waals surface area contributed by atoms with Crippen LogP contribution in [0.25, 0.3) is 0 Å². The molecule has 2 aromatic carbocycles. The van der Waals surface area contributed by atoms with E-state index in [0.29, 0.717) is 17.9 Å². The third kappa shape index (κ3) is 7.73. The minimum Gasteiger partial charge on any atom is -0.497 e. The predicted molar refractivity (Wildman–Crippen MR) is 141 cm³/mol. The number of benzene rings is 2. The van der Waals surface area contributed by atoms with Crippen molar-refractivity contribution in [1.29, 1.82) is 0 Å². The molecule has 2 N–H and O–H groups in total. The average molecular weight is 498 g/mol. The van der Waals surface area contributed by atoms with Crippen molar-refractivity contribution in [3.63, 3.8) is 0 Å². The minimum atomic E-state index is -0.908. The van der Waals surface area contributed by atoms with Crippen LogP contribution in [0.2, 0.25) is 0 Å².